The van der Waals surface area contributed by atoms with Crippen LogP contribution in [-0.2, 0) is 23.7 Å². The highest BCUT2D eigenvalue weighted by atomic mass is 16.6. The Bertz CT molecular complexity index is 367. The molecule has 0 amide bonds. The summed E-state index contributed by atoms with van der Waals surface area (Å²) in [5.74, 6) is 0.945. The largest absolute Gasteiger partial charge is 0.495 e. The molecule has 0 aromatic heterocycles. The van der Waals surface area contributed by atoms with Crippen LogP contribution in [0.1, 0.15) is 12.8 Å². The van der Waals surface area contributed by atoms with Gasteiger partial charge in [0.25, 0.3) is 0 Å². The minimum absolute atomic E-state index is 0.603. The van der Waals surface area contributed by atoms with E-state index in [1.807, 2.05) is 0 Å². The smallest absolute Gasteiger partial charge is 0.137 e. The topological polar surface area (TPSA) is 49.4 Å². The molecule has 6 nitrogen and oxygen atoms in total. The average molecular weight is 327 g/mol. The third kappa shape index (κ3) is 6.91. The van der Waals surface area contributed by atoms with Gasteiger partial charge in [0.15, 0.2) is 0 Å². The summed E-state index contributed by atoms with van der Waals surface area (Å²) in [5, 5.41) is 0. The van der Waals surface area contributed by atoms with E-state index in [9.17, 15) is 0 Å². The second-order valence-corrected chi connectivity index (χ2v) is 5.39. The third-order valence-corrected chi connectivity index (χ3v) is 3.83. The van der Waals surface area contributed by atoms with Crippen LogP contribution in [0.15, 0.2) is 23.6 Å². The molecule has 0 radical (unpaired) electrons. The van der Waals surface area contributed by atoms with Crippen molar-refractivity contribution in [1.82, 2.24) is 4.90 Å². The molecule has 0 atom stereocenters. The van der Waals surface area contributed by atoms with Crippen molar-refractivity contribution in [2.75, 3.05) is 73.1 Å². The van der Waals surface area contributed by atoms with Crippen molar-refractivity contribution in [2.45, 2.75) is 12.8 Å². The van der Waals surface area contributed by atoms with Gasteiger partial charge in [0.1, 0.15) is 5.76 Å². The summed E-state index contributed by atoms with van der Waals surface area (Å²) in [6.45, 7) is 6.64. The molecule has 2 rings (SSSR count). The van der Waals surface area contributed by atoms with Crippen molar-refractivity contribution >= 4 is 0 Å². The highest BCUT2D eigenvalue weighted by Crippen LogP contribution is 2.22. The molecule has 23 heavy (non-hydrogen) atoms. The monoisotopic (exact) mass is 327 g/mol. The molecule has 0 spiro atoms. The van der Waals surface area contributed by atoms with Gasteiger partial charge in [-0.1, -0.05) is 6.08 Å². The minimum atomic E-state index is 0.603. The maximum atomic E-state index is 5.67. The van der Waals surface area contributed by atoms with Gasteiger partial charge in [-0.3, -0.25) is 0 Å². The Morgan fingerprint density at radius 2 is 1.35 bits per heavy atom. The minimum Gasteiger partial charge on any atom is -0.495 e. The fourth-order valence-electron chi connectivity index (χ4n) is 2.62. The van der Waals surface area contributed by atoms with Crippen LogP contribution in [0.2, 0.25) is 0 Å². The first-order valence-corrected chi connectivity index (χ1v) is 8.41. The average Bonchev–Trinajstić information content (AvgIpc) is 2.60. The number of hydrogen-bond acceptors (Lipinski definition) is 6. The molecule has 1 aliphatic heterocycles. The fraction of sp³-hybridized carbons (Fsp3) is 0.765. The van der Waals surface area contributed by atoms with Crippen LogP contribution in [0.4, 0.5) is 0 Å². The van der Waals surface area contributed by atoms with Crippen LogP contribution < -0.4 is 0 Å². The molecule has 1 saturated heterocycles. The number of nitrogens with zero attached hydrogens (tertiary/aromatic N) is 1. The Morgan fingerprint density at radius 1 is 0.826 bits per heavy atom. The van der Waals surface area contributed by atoms with Gasteiger partial charge in [-0.25, -0.2) is 0 Å². The standard InChI is InChI=1S/C17H29NO5/c1-19-17-5-3-2-4-16(17)18-6-8-20-10-12-22-14-15-23-13-11-21-9-7-18/h3,5H,2,4,6-15H2,1H3. The van der Waals surface area contributed by atoms with Crippen molar-refractivity contribution < 1.29 is 23.7 Å². The number of ether oxygens (including phenoxy) is 5. The van der Waals surface area contributed by atoms with Gasteiger partial charge in [-0.2, -0.15) is 0 Å². The highest BCUT2D eigenvalue weighted by Gasteiger charge is 2.16. The second kappa shape index (κ2) is 11.5. The molecular formula is C17H29NO5. The first kappa shape index (κ1) is 18.3. The molecule has 6 heteroatoms. The number of methoxy groups -OCH3 is 1. The van der Waals surface area contributed by atoms with Crippen molar-refractivity contribution in [3.63, 3.8) is 0 Å². The fourth-order valence-corrected chi connectivity index (χ4v) is 2.62. The zero-order valence-electron chi connectivity index (χ0n) is 14.1. The van der Waals surface area contributed by atoms with E-state index in [1.165, 1.54) is 5.70 Å². The molecule has 0 unspecified atom stereocenters. The van der Waals surface area contributed by atoms with Crippen molar-refractivity contribution in [1.29, 1.82) is 0 Å². The van der Waals surface area contributed by atoms with E-state index < -0.39 is 0 Å². The molecule has 1 aliphatic carbocycles. The predicted octanol–water partition coefficient (Wildman–Crippen LogP) is 1.58. The van der Waals surface area contributed by atoms with Crippen molar-refractivity contribution in [3.05, 3.63) is 23.6 Å². The van der Waals surface area contributed by atoms with E-state index in [0.717, 1.165) is 31.7 Å². The molecule has 2 aliphatic rings. The molecule has 0 bridgehead atoms. The van der Waals surface area contributed by atoms with Crippen LogP contribution in [0.5, 0.6) is 0 Å². The quantitative estimate of drug-likeness (QED) is 0.767. The summed E-state index contributed by atoms with van der Waals surface area (Å²) in [6.07, 6.45) is 6.24. The first-order valence-electron chi connectivity index (χ1n) is 8.41. The summed E-state index contributed by atoms with van der Waals surface area (Å²) < 4.78 is 27.7. The molecule has 0 aromatic carbocycles. The maximum Gasteiger partial charge on any atom is 0.137 e. The van der Waals surface area contributed by atoms with E-state index >= 15 is 0 Å². The predicted molar refractivity (Wildman–Crippen MR) is 87.3 cm³/mol. The third-order valence-electron chi connectivity index (χ3n) is 3.83. The molecule has 0 N–H and O–H groups in total. The summed E-state index contributed by atoms with van der Waals surface area (Å²) in [7, 11) is 1.72. The van der Waals surface area contributed by atoms with Crippen LogP contribution in [0.3, 0.4) is 0 Å². The van der Waals surface area contributed by atoms with Gasteiger partial charge < -0.3 is 28.6 Å². The Hall–Kier alpha value is -1.08. The molecule has 0 aromatic rings. The number of allylic oxidation sites excluding steroid dienone is 3. The lowest BCUT2D eigenvalue weighted by Crippen LogP contribution is -2.32. The molecule has 0 saturated carbocycles. The van der Waals surface area contributed by atoms with E-state index in [1.54, 1.807) is 7.11 Å². The van der Waals surface area contributed by atoms with Gasteiger partial charge >= 0.3 is 0 Å². The summed E-state index contributed by atoms with van der Waals surface area (Å²) in [5.41, 5.74) is 1.24. The summed E-state index contributed by atoms with van der Waals surface area (Å²) in [4.78, 5) is 2.31. The second-order valence-electron chi connectivity index (χ2n) is 5.39. The molecule has 132 valence electrons. The maximum absolute atomic E-state index is 5.67. The Morgan fingerprint density at radius 3 is 1.87 bits per heavy atom. The summed E-state index contributed by atoms with van der Waals surface area (Å²) in [6, 6.07) is 0. The number of rotatable bonds is 2. The van der Waals surface area contributed by atoms with Crippen molar-refractivity contribution in [3.8, 4) is 0 Å². The Balaban J connectivity index is 1.91. The lowest BCUT2D eigenvalue weighted by molar-refractivity contribution is 0.00206. The Kier molecular flexibility index (Phi) is 9.09. The number of hydrogen-bond donors (Lipinski definition) is 0. The zero-order chi connectivity index (χ0) is 16.2. The van der Waals surface area contributed by atoms with E-state index in [0.29, 0.717) is 52.9 Å². The van der Waals surface area contributed by atoms with Gasteiger partial charge in [-0.05, 0) is 18.9 Å². The van der Waals surface area contributed by atoms with Crippen LogP contribution >= 0.6 is 0 Å². The first-order chi connectivity index (χ1) is 11.4. The van der Waals surface area contributed by atoms with Crippen molar-refractivity contribution in [2.24, 2.45) is 0 Å². The van der Waals surface area contributed by atoms with Crippen LogP contribution in [-0.4, -0.2) is 78.0 Å². The molecular weight excluding hydrogens is 298 g/mol. The van der Waals surface area contributed by atoms with E-state index in [2.05, 4.69) is 17.1 Å². The van der Waals surface area contributed by atoms with Gasteiger partial charge in [0.05, 0.1) is 65.7 Å². The highest BCUT2D eigenvalue weighted by molar-refractivity contribution is 5.24. The van der Waals surface area contributed by atoms with Gasteiger partial charge in [0.2, 0.25) is 0 Å². The van der Waals surface area contributed by atoms with Gasteiger partial charge in [0, 0.05) is 13.1 Å². The summed E-state index contributed by atoms with van der Waals surface area (Å²) >= 11 is 0. The SMILES string of the molecule is COC1=C(N2CCOCCOCCOCCOCC2)CCC=C1. The van der Waals surface area contributed by atoms with Crippen LogP contribution in [0.25, 0.3) is 0 Å². The van der Waals surface area contributed by atoms with Crippen LogP contribution in [0, 0.1) is 0 Å². The lowest BCUT2D eigenvalue weighted by Gasteiger charge is -2.30. The normalized spacial score (nSPS) is 23.3. The zero-order valence-corrected chi connectivity index (χ0v) is 14.1. The lowest BCUT2D eigenvalue weighted by atomic mass is 10.1. The van der Waals surface area contributed by atoms with E-state index in [4.69, 9.17) is 23.7 Å². The molecule has 1 heterocycles. The Labute approximate surface area is 139 Å². The van der Waals surface area contributed by atoms with E-state index in [-0.39, 0.29) is 0 Å². The van der Waals surface area contributed by atoms with Gasteiger partial charge in [-0.15, -0.1) is 0 Å². The molecule has 1 fully saturated rings.